The van der Waals surface area contributed by atoms with E-state index in [1.54, 1.807) is 6.92 Å². The van der Waals surface area contributed by atoms with Crippen LogP contribution >= 0.6 is 0 Å². The lowest BCUT2D eigenvalue weighted by Crippen LogP contribution is -2.28. The second-order valence-electron chi connectivity index (χ2n) is 2.75. The monoisotopic (exact) mass is 214 g/mol. The molecular weight excluding hydrogens is 201 g/mol. The molecule has 0 aromatic rings. The first-order chi connectivity index (χ1) is 6.38. The molecule has 1 unspecified atom stereocenters. The molecule has 0 aromatic carbocycles. The first-order valence-electron chi connectivity index (χ1n) is 4.28. The minimum Gasteiger partial charge on any atom is -0.466 e. The highest BCUT2D eigenvalue weighted by Crippen LogP contribution is 2.23. The minimum atomic E-state index is -4.60. The Morgan fingerprint density at radius 2 is 2.07 bits per heavy atom. The molecular formula is C8H13F3O3. The summed E-state index contributed by atoms with van der Waals surface area (Å²) in [6.45, 7) is 1.82. The van der Waals surface area contributed by atoms with Crippen molar-refractivity contribution in [2.24, 2.45) is 0 Å². The van der Waals surface area contributed by atoms with Gasteiger partial charge in [-0.1, -0.05) is 0 Å². The Balaban J connectivity index is 3.59. The quantitative estimate of drug-likeness (QED) is 0.708. The van der Waals surface area contributed by atoms with Crippen LogP contribution in [0.5, 0.6) is 0 Å². The Morgan fingerprint density at radius 1 is 1.50 bits per heavy atom. The first kappa shape index (κ1) is 13.2. The summed E-state index contributed by atoms with van der Waals surface area (Å²) in [5.41, 5.74) is 0. The van der Waals surface area contributed by atoms with Crippen LogP contribution in [0.15, 0.2) is 0 Å². The molecule has 0 radical (unpaired) electrons. The minimum absolute atomic E-state index is 0.0283. The lowest BCUT2D eigenvalue weighted by molar-refractivity contribution is -0.205. The van der Waals surface area contributed by atoms with E-state index in [0.29, 0.717) is 0 Å². The van der Waals surface area contributed by atoms with E-state index >= 15 is 0 Å². The molecule has 0 saturated heterocycles. The van der Waals surface area contributed by atoms with Crippen LogP contribution < -0.4 is 0 Å². The highest BCUT2D eigenvalue weighted by Gasteiger charge is 2.37. The van der Waals surface area contributed by atoms with Gasteiger partial charge < -0.3 is 9.84 Å². The summed E-state index contributed by atoms with van der Waals surface area (Å²) < 4.78 is 39.8. The van der Waals surface area contributed by atoms with E-state index in [2.05, 4.69) is 4.74 Å². The van der Waals surface area contributed by atoms with E-state index < -0.39 is 24.7 Å². The summed E-state index contributed by atoms with van der Waals surface area (Å²) in [4.78, 5) is 10.7. The van der Waals surface area contributed by atoms with Crippen molar-refractivity contribution in [2.45, 2.75) is 38.5 Å². The maximum Gasteiger partial charge on any atom is 0.414 e. The Morgan fingerprint density at radius 3 is 2.50 bits per heavy atom. The van der Waals surface area contributed by atoms with Crippen LogP contribution in [0.2, 0.25) is 0 Å². The molecule has 0 fully saturated rings. The second kappa shape index (κ2) is 5.85. The van der Waals surface area contributed by atoms with Gasteiger partial charge in [-0.25, -0.2) is 0 Å². The number of hydrogen-bond donors (Lipinski definition) is 1. The van der Waals surface area contributed by atoms with Gasteiger partial charge in [0, 0.05) is 6.42 Å². The van der Waals surface area contributed by atoms with Crippen molar-refractivity contribution in [3.05, 3.63) is 0 Å². The van der Waals surface area contributed by atoms with Crippen LogP contribution in [-0.4, -0.2) is 30.0 Å². The fourth-order valence-electron chi connectivity index (χ4n) is 0.837. The van der Waals surface area contributed by atoms with E-state index in [9.17, 15) is 18.0 Å². The number of carbonyl (C=O) groups is 1. The van der Waals surface area contributed by atoms with E-state index in [1.165, 1.54) is 0 Å². The van der Waals surface area contributed by atoms with Crippen LogP contribution in [0.1, 0.15) is 26.2 Å². The third-order valence-corrected chi connectivity index (χ3v) is 1.54. The topological polar surface area (TPSA) is 46.5 Å². The number of carbonyl (C=O) groups excluding carboxylic acids is 1. The van der Waals surface area contributed by atoms with Gasteiger partial charge >= 0.3 is 12.1 Å². The normalized spacial score (nSPS) is 13.8. The van der Waals surface area contributed by atoms with E-state index in [1.807, 2.05) is 0 Å². The molecule has 6 heteroatoms. The maximum absolute atomic E-state index is 11.8. The average Bonchev–Trinajstić information content (AvgIpc) is 2.02. The highest BCUT2D eigenvalue weighted by atomic mass is 19.4. The lowest BCUT2D eigenvalue weighted by atomic mass is 10.1. The largest absolute Gasteiger partial charge is 0.466 e. The standard InChI is InChI=1S/C8H13F3O3/c1-2-14-7(13)5-3-4-6(12)8(9,10)11/h6,12H,2-5H2,1H3. The Labute approximate surface area is 79.9 Å². The molecule has 0 aliphatic carbocycles. The third-order valence-electron chi connectivity index (χ3n) is 1.54. The number of halogens is 3. The molecule has 1 atom stereocenters. The Kier molecular flexibility index (Phi) is 5.52. The third kappa shape index (κ3) is 5.80. The summed E-state index contributed by atoms with van der Waals surface area (Å²) in [6.07, 6.45) is -7.55. The van der Waals surface area contributed by atoms with Crippen molar-refractivity contribution in [1.29, 1.82) is 0 Å². The zero-order valence-corrected chi connectivity index (χ0v) is 7.80. The van der Waals surface area contributed by atoms with Gasteiger partial charge in [0.1, 0.15) is 6.10 Å². The number of alkyl halides is 3. The molecule has 0 heterocycles. The summed E-state index contributed by atoms with van der Waals surface area (Å²) >= 11 is 0. The zero-order chi connectivity index (χ0) is 11.2. The fourth-order valence-corrected chi connectivity index (χ4v) is 0.837. The van der Waals surface area contributed by atoms with Crippen LogP contribution in [-0.2, 0) is 9.53 Å². The van der Waals surface area contributed by atoms with Gasteiger partial charge in [-0.3, -0.25) is 4.79 Å². The van der Waals surface area contributed by atoms with E-state index in [0.717, 1.165) is 0 Å². The molecule has 0 aliphatic rings. The van der Waals surface area contributed by atoms with Gasteiger partial charge in [-0.2, -0.15) is 13.2 Å². The second-order valence-corrected chi connectivity index (χ2v) is 2.75. The SMILES string of the molecule is CCOC(=O)CCCC(O)C(F)(F)F. The van der Waals surface area contributed by atoms with Crippen molar-refractivity contribution in [3.63, 3.8) is 0 Å². The number of esters is 1. The van der Waals surface area contributed by atoms with Crippen LogP contribution in [0.25, 0.3) is 0 Å². The highest BCUT2D eigenvalue weighted by molar-refractivity contribution is 5.69. The molecule has 0 aliphatic heterocycles. The molecule has 0 rings (SSSR count). The lowest BCUT2D eigenvalue weighted by Gasteiger charge is -2.13. The van der Waals surface area contributed by atoms with Gasteiger partial charge in [0.25, 0.3) is 0 Å². The van der Waals surface area contributed by atoms with E-state index in [4.69, 9.17) is 5.11 Å². The summed E-state index contributed by atoms with van der Waals surface area (Å²) in [5.74, 6) is -0.540. The number of rotatable bonds is 5. The molecule has 14 heavy (non-hydrogen) atoms. The maximum atomic E-state index is 11.8. The van der Waals surface area contributed by atoms with Gasteiger partial charge in [0.05, 0.1) is 6.61 Å². The Hall–Kier alpha value is -0.780. The summed E-state index contributed by atoms with van der Waals surface area (Å²) in [7, 11) is 0. The van der Waals surface area contributed by atoms with Crippen molar-refractivity contribution < 1.29 is 27.8 Å². The predicted molar refractivity (Wildman–Crippen MR) is 42.5 cm³/mol. The molecule has 3 nitrogen and oxygen atoms in total. The van der Waals surface area contributed by atoms with E-state index in [-0.39, 0.29) is 19.4 Å². The first-order valence-corrected chi connectivity index (χ1v) is 4.28. The van der Waals surface area contributed by atoms with Crippen molar-refractivity contribution in [1.82, 2.24) is 0 Å². The summed E-state index contributed by atoms with van der Waals surface area (Å²) in [5, 5.41) is 8.55. The predicted octanol–water partition coefficient (Wildman–Crippen LogP) is 1.64. The number of aliphatic hydroxyl groups is 1. The molecule has 0 saturated carbocycles. The molecule has 0 amide bonds. The van der Waals surface area contributed by atoms with Crippen molar-refractivity contribution in [3.8, 4) is 0 Å². The number of hydrogen-bond acceptors (Lipinski definition) is 3. The summed E-state index contributed by atoms with van der Waals surface area (Å²) in [6, 6.07) is 0. The molecule has 0 bridgehead atoms. The van der Waals surface area contributed by atoms with Gasteiger partial charge in [-0.15, -0.1) is 0 Å². The number of ether oxygens (including phenoxy) is 1. The number of aliphatic hydroxyl groups excluding tert-OH is 1. The van der Waals surface area contributed by atoms with Crippen LogP contribution in [0.3, 0.4) is 0 Å². The molecule has 84 valence electrons. The van der Waals surface area contributed by atoms with Gasteiger partial charge in [-0.05, 0) is 19.8 Å². The smallest absolute Gasteiger partial charge is 0.414 e. The van der Waals surface area contributed by atoms with Gasteiger partial charge in [0.15, 0.2) is 0 Å². The molecule has 0 aromatic heterocycles. The van der Waals surface area contributed by atoms with Crippen LogP contribution in [0.4, 0.5) is 13.2 Å². The average molecular weight is 214 g/mol. The zero-order valence-electron chi connectivity index (χ0n) is 7.80. The molecule has 1 N–H and O–H groups in total. The van der Waals surface area contributed by atoms with Crippen LogP contribution in [0, 0.1) is 0 Å². The fraction of sp³-hybridized carbons (Fsp3) is 0.875. The van der Waals surface area contributed by atoms with Crippen molar-refractivity contribution >= 4 is 5.97 Å². The van der Waals surface area contributed by atoms with Crippen molar-refractivity contribution in [2.75, 3.05) is 6.61 Å². The van der Waals surface area contributed by atoms with Gasteiger partial charge in [0.2, 0.25) is 0 Å². The Bertz CT molecular complexity index is 179. The molecule has 0 spiro atoms.